The molecule has 36 heavy (non-hydrogen) atoms. The Morgan fingerprint density at radius 3 is 2.47 bits per heavy atom. The summed E-state index contributed by atoms with van der Waals surface area (Å²) in [5.41, 5.74) is 4.70. The van der Waals surface area contributed by atoms with Crippen molar-refractivity contribution in [2.75, 3.05) is 13.2 Å². The molecule has 7 nitrogen and oxygen atoms in total. The van der Waals surface area contributed by atoms with Crippen molar-refractivity contribution in [3.05, 3.63) is 88.1 Å². The van der Waals surface area contributed by atoms with Crippen molar-refractivity contribution >= 4 is 22.5 Å². The minimum atomic E-state index is -1.49. The number of aryl methyl sites for hydroxylation is 1. The van der Waals surface area contributed by atoms with Gasteiger partial charge in [-0.05, 0) is 71.5 Å². The third-order valence-electron chi connectivity index (χ3n) is 5.75. The van der Waals surface area contributed by atoms with Gasteiger partial charge in [0.1, 0.15) is 36.1 Å². The van der Waals surface area contributed by atoms with Crippen molar-refractivity contribution in [3.8, 4) is 22.6 Å². The summed E-state index contributed by atoms with van der Waals surface area (Å²) in [5, 5.41) is 19.8. The van der Waals surface area contributed by atoms with E-state index < -0.39 is 29.5 Å². The normalized spacial score (nSPS) is 15.9. The highest BCUT2D eigenvalue weighted by Gasteiger charge is 2.21. The van der Waals surface area contributed by atoms with Gasteiger partial charge in [0.25, 0.3) is 5.91 Å². The Hall–Kier alpha value is -3.53. The summed E-state index contributed by atoms with van der Waals surface area (Å²) in [4.78, 5) is 11.8. The van der Waals surface area contributed by atoms with Gasteiger partial charge >= 0.3 is 0 Å². The molecule has 0 fully saturated rings. The van der Waals surface area contributed by atoms with Gasteiger partial charge in [0, 0.05) is 5.41 Å². The van der Waals surface area contributed by atoms with E-state index in [2.05, 4.69) is 4.72 Å². The van der Waals surface area contributed by atoms with Crippen LogP contribution in [0.3, 0.4) is 0 Å². The molecule has 1 amide bonds. The molecular formula is C27H26FNO6S. The lowest BCUT2D eigenvalue weighted by Gasteiger charge is -2.17. The first kappa shape index (κ1) is 25.6. The van der Waals surface area contributed by atoms with Crippen LogP contribution in [-0.4, -0.2) is 39.6 Å². The second-order valence-corrected chi connectivity index (χ2v) is 9.46. The van der Waals surface area contributed by atoms with E-state index in [0.717, 1.165) is 22.3 Å². The SMILES string of the molecule is Cc1cc(OC[C@H](O)CO)c(F)c(C)c1-c1cccc(COc2ccc(C3=CS(=O)NC3=O)cc2)c1. The Morgan fingerprint density at radius 1 is 1.06 bits per heavy atom. The fourth-order valence-electron chi connectivity index (χ4n) is 3.96. The highest BCUT2D eigenvalue weighted by molar-refractivity contribution is 7.87. The summed E-state index contributed by atoms with van der Waals surface area (Å²) in [5.74, 6) is -0.254. The lowest BCUT2D eigenvalue weighted by Crippen LogP contribution is -2.21. The van der Waals surface area contributed by atoms with Gasteiger partial charge in [-0.25, -0.2) is 8.60 Å². The zero-order valence-corrected chi connectivity index (χ0v) is 20.6. The van der Waals surface area contributed by atoms with E-state index in [1.165, 1.54) is 5.41 Å². The van der Waals surface area contributed by atoms with Gasteiger partial charge in [-0.3, -0.25) is 9.52 Å². The average molecular weight is 512 g/mol. The molecular weight excluding hydrogens is 485 g/mol. The molecule has 0 saturated heterocycles. The number of rotatable bonds is 9. The summed E-state index contributed by atoms with van der Waals surface area (Å²) in [6.45, 7) is 3.14. The Labute approximate surface area is 210 Å². The first-order valence-corrected chi connectivity index (χ1v) is 12.5. The van der Waals surface area contributed by atoms with Gasteiger partial charge < -0.3 is 19.7 Å². The molecule has 1 unspecified atom stereocenters. The Kier molecular flexibility index (Phi) is 7.83. The number of carbonyl (C=O) groups is 1. The molecule has 0 saturated carbocycles. The number of hydrogen-bond donors (Lipinski definition) is 3. The number of aliphatic hydroxyl groups is 2. The first-order valence-electron chi connectivity index (χ1n) is 11.2. The average Bonchev–Trinajstić information content (AvgIpc) is 3.22. The number of hydrogen-bond acceptors (Lipinski definition) is 6. The molecule has 0 aliphatic carbocycles. The second-order valence-electron chi connectivity index (χ2n) is 8.43. The maximum atomic E-state index is 15.0. The van der Waals surface area contributed by atoms with Crippen LogP contribution in [0.1, 0.15) is 22.3 Å². The number of ether oxygens (including phenoxy) is 2. The Balaban J connectivity index is 1.48. The van der Waals surface area contributed by atoms with Crippen LogP contribution in [0.15, 0.2) is 60.0 Å². The predicted molar refractivity (Wildman–Crippen MR) is 135 cm³/mol. The van der Waals surface area contributed by atoms with Gasteiger partial charge in [-0.1, -0.05) is 30.3 Å². The van der Waals surface area contributed by atoms with Crippen molar-refractivity contribution in [1.29, 1.82) is 0 Å². The first-order chi connectivity index (χ1) is 17.3. The van der Waals surface area contributed by atoms with Crippen LogP contribution in [0.2, 0.25) is 0 Å². The van der Waals surface area contributed by atoms with Crippen LogP contribution in [0.25, 0.3) is 16.7 Å². The molecule has 0 bridgehead atoms. The van der Waals surface area contributed by atoms with Crippen molar-refractivity contribution in [2.24, 2.45) is 0 Å². The van der Waals surface area contributed by atoms with E-state index in [-0.39, 0.29) is 24.9 Å². The molecule has 9 heteroatoms. The summed E-state index contributed by atoms with van der Waals surface area (Å²) < 4.78 is 40.1. The molecule has 1 aliphatic heterocycles. The monoisotopic (exact) mass is 511 g/mol. The van der Waals surface area contributed by atoms with Gasteiger partial charge in [-0.2, -0.15) is 0 Å². The maximum absolute atomic E-state index is 15.0. The van der Waals surface area contributed by atoms with Crippen molar-refractivity contribution in [2.45, 2.75) is 26.6 Å². The maximum Gasteiger partial charge on any atom is 0.264 e. The third-order valence-corrected chi connectivity index (χ3v) is 6.59. The number of carbonyl (C=O) groups excluding carboxylic acids is 1. The van der Waals surface area contributed by atoms with Crippen molar-refractivity contribution in [1.82, 2.24) is 4.72 Å². The van der Waals surface area contributed by atoms with E-state index in [4.69, 9.17) is 14.6 Å². The van der Waals surface area contributed by atoms with Crippen LogP contribution >= 0.6 is 0 Å². The molecule has 0 radical (unpaired) electrons. The Bertz CT molecular complexity index is 1340. The Morgan fingerprint density at radius 2 is 1.81 bits per heavy atom. The lowest BCUT2D eigenvalue weighted by atomic mass is 9.94. The molecule has 4 rings (SSSR count). The summed E-state index contributed by atoms with van der Waals surface area (Å²) >= 11 is 0. The smallest absolute Gasteiger partial charge is 0.264 e. The molecule has 1 heterocycles. The third kappa shape index (κ3) is 5.64. The molecule has 1 aliphatic rings. The van der Waals surface area contributed by atoms with Crippen LogP contribution < -0.4 is 14.2 Å². The fourth-order valence-corrected chi connectivity index (χ4v) is 4.77. The standard InChI is InChI=1S/C27H26FNO6S/c1-16-10-24(35-14-21(31)12-30)26(28)17(2)25(16)20-5-3-4-18(11-20)13-34-22-8-6-19(7-9-22)23-15-36(33)29-27(23)32/h3-11,15,21,30-31H,12-14H2,1-2H3,(H,29,32)/t21-,36?/m1/s1. The van der Waals surface area contributed by atoms with E-state index in [9.17, 15) is 14.1 Å². The number of halogens is 1. The quantitative estimate of drug-likeness (QED) is 0.406. The molecule has 3 aromatic rings. The van der Waals surface area contributed by atoms with E-state index in [0.29, 0.717) is 22.4 Å². The molecule has 0 aromatic heterocycles. The largest absolute Gasteiger partial charge is 0.489 e. The van der Waals surface area contributed by atoms with Crippen LogP contribution in [-0.2, 0) is 22.4 Å². The van der Waals surface area contributed by atoms with Gasteiger partial charge in [-0.15, -0.1) is 0 Å². The molecule has 0 spiro atoms. The van der Waals surface area contributed by atoms with Crippen molar-refractivity contribution < 1.29 is 33.1 Å². The highest BCUT2D eigenvalue weighted by Crippen LogP contribution is 2.34. The number of benzene rings is 3. The van der Waals surface area contributed by atoms with Crippen molar-refractivity contribution in [3.63, 3.8) is 0 Å². The second kappa shape index (κ2) is 11.0. The zero-order valence-electron chi connectivity index (χ0n) is 19.8. The van der Waals surface area contributed by atoms with Gasteiger partial charge in [0.05, 0.1) is 12.2 Å². The van der Waals surface area contributed by atoms with Crippen LogP contribution in [0.5, 0.6) is 11.5 Å². The van der Waals surface area contributed by atoms with E-state index in [1.54, 1.807) is 37.3 Å². The lowest BCUT2D eigenvalue weighted by molar-refractivity contribution is -0.113. The molecule has 188 valence electrons. The predicted octanol–water partition coefficient (Wildman–Crippen LogP) is 3.55. The minimum Gasteiger partial charge on any atom is -0.489 e. The number of nitrogens with one attached hydrogen (secondary N) is 1. The molecule has 2 atom stereocenters. The highest BCUT2D eigenvalue weighted by atomic mass is 32.2. The number of aliphatic hydroxyl groups excluding tert-OH is 2. The molecule has 3 N–H and O–H groups in total. The number of amides is 1. The van der Waals surface area contributed by atoms with Gasteiger partial charge in [0.2, 0.25) is 0 Å². The summed E-state index contributed by atoms with van der Waals surface area (Å²) in [7, 11) is -1.49. The van der Waals surface area contributed by atoms with Crippen LogP contribution in [0.4, 0.5) is 4.39 Å². The van der Waals surface area contributed by atoms with Crippen LogP contribution in [0, 0.1) is 19.7 Å². The summed E-state index contributed by atoms with van der Waals surface area (Å²) in [6.07, 6.45) is -1.08. The van der Waals surface area contributed by atoms with Gasteiger partial charge in [0.15, 0.2) is 11.6 Å². The zero-order chi connectivity index (χ0) is 25.8. The summed E-state index contributed by atoms with van der Waals surface area (Å²) in [6, 6.07) is 16.2. The minimum absolute atomic E-state index is 0.0290. The fraction of sp³-hybridized carbons (Fsp3) is 0.222. The van der Waals surface area contributed by atoms with E-state index in [1.807, 2.05) is 31.2 Å². The topological polar surface area (TPSA) is 105 Å². The molecule has 3 aromatic carbocycles. The van der Waals surface area contributed by atoms with E-state index >= 15 is 4.39 Å².